The van der Waals surface area contributed by atoms with Gasteiger partial charge >= 0.3 is 6.18 Å². The average molecular weight is 278 g/mol. The molecule has 0 aliphatic heterocycles. The summed E-state index contributed by atoms with van der Waals surface area (Å²) < 4.78 is 38.2. The number of hydrogen-bond acceptors (Lipinski definition) is 3. The summed E-state index contributed by atoms with van der Waals surface area (Å²) in [7, 11) is 1.65. The van der Waals surface area contributed by atoms with Gasteiger partial charge in [0.15, 0.2) is 0 Å². The number of halogens is 3. The maximum absolute atomic E-state index is 12.7. The van der Waals surface area contributed by atoms with Gasteiger partial charge in [-0.15, -0.1) is 0 Å². The second-order valence-electron chi connectivity index (χ2n) is 3.74. The van der Waals surface area contributed by atoms with Crippen molar-refractivity contribution < 1.29 is 18.3 Å². The minimum Gasteiger partial charge on any atom is -0.395 e. The van der Waals surface area contributed by atoms with E-state index in [0.717, 1.165) is 6.07 Å². The van der Waals surface area contributed by atoms with Crippen molar-refractivity contribution in [2.24, 2.45) is 5.73 Å². The van der Waals surface area contributed by atoms with Crippen LogP contribution in [0.1, 0.15) is 11.1 Å². The van der Waals surface area contributed by atoms with Gasteiger partial charge in [-0.25, -0.2) is 0 Å². The summed E-state index contributed by atoms with van der Waals surface area (Å²) in [5.74, 6) is 0. The van der Waals surface area contributed by atoms with Gasteiger partial charge in [0.25, 0.3) is 0 Å². The lowest BCUT2D eigenvalue weighted by Crippen LogP contribution is -2.23. The molecule has 0 saturated carbocycles. The predicted octanol–water partition coefficient (Wildman–Crippen LogP) is 1.77. The van der Waals surface area contributed by atoms with Crippen LogP contribution in [0, 0.1) is 0 Å². The number of rotatable bonds is 4. The molecule has 0 saturated heterocycles. The highest BCUT2D eigenvalue weighted by molar-refractivity contribution is 7.80. The number of hydrogen-bond donors (Lipinski definition) is 2. The molecule has 100 valence electrons. The predicted molar refractivity (Wildman–Crippen MR) is 67.7 cm³/mol. The molecule has 0 amide bonds. The lowest BCUT2D eigenvalue weighted by molar-refractivity contribution is -0.137. The highest BCUT2D eigenvalue weighted by Gasteiger charge is 2.34. The normalized spacial score (nSPS) is 11.4. The zero-order chi connectivity index (χ0) is 13.9. The Hall–Kier alpha value is -1.34. The van der Waals surface area contributed by atoms with Crippen molar-refractivity contribution in [2.75, 3.05) is 25.1 Å². The molecule has 0 atom stereocenters. The van der Waals surface area contributed by atoms with Crippen LogP contribution in [0.5, 0.6) is 0 Å². The summed E-state index contributed by atoms with van der Waals surface area (Å²) >= 11 is 4.64. The average Bonchev–Trinajstić information content (AvgIpc) is 2.27. The van der Waals surface area contributed by atoms with Crippen molar-refractivity contribution in [3.63, 3.8) is 0 Å². The summed E-state index contributed by atoms with van der Waals surface area (Å²) in [6.45, 7) is 0.210. The molecule has 7 heteroatoms. The van der Waals surface area contributed by atoms with E-state index in [1.54, 1.807) is 11.9 Å². The molecular formula is C11H13F3N2OS. The largest absolute Gasteiger partial charge is 0.417 e. The van der Waals surface area contributed by atoms with E-state index in [4.69, 9.17) is 10.8 Å². The van der Waals surface area contributed by atoms with Crippen LogP contribution in [0.3, 0.4) is 0 Å². The van der Waals surface area contributed by atoms with Crippen molar-refractivity contribution in [1.29, 1.82) is 0 Å². The van der Waals surface area contributed by atoms with Crippen molar-refractivity contribution in [2.45, 2.75) is 6.18 Å². The van der Waals surface area contributed by atoms with Crippen molar-refractivity contribution in [3.05, 3.63) is 29.3 Å². The smallest absolute Gasteiger partial charge is 0.395 e. The Morgan fingerprint density at radius 2 is 2.06 bits per heavy atom. The third-order valence-corrected chi connectivity index (χ3v) is 2.67. The highest BCUT2D eigenvalue weighted by Crippen LogP contribution is 2.33. The third-order valence-electron chi connectivity index (χ3n) is 2.45. The van der Waals surface area contributed by atoms with Gasteiger partial charge in [-0.2, -0.15) is 13.2 Å². The van der Waals surface area contributed by atoms with E-state index >= 15 is 0 Å². The number of benzene rings is 1. The topological polar surface area (TPSA) is 49.5 Å². The molecular weight excluding hydrogens is 265 g/mol. The Balaban J connectivity index is 3.24. The van der Waals surface area contributed by atoms with E-state index in [9.17, 15) is 13.2 Å². The van der Waals surface area contributed by atoms with Crippen LogP contribution in [-0.4, -0.2) is 30.3 Å². The van der Waals surface area contributed by atoms with Gasteiger partial charge in [0.2, 0.25) is 0 Å². The van der Waals surface area contributed by atoms with E-state index in [2.05, 4.69) is 12.2 Å². The molecule has 0 fully saturated rings. The molecule has 0 radical (unpaired) electrons. The van der Waals surface area contributed by atoms with Gasteiger partial charge < -0.3 is 15.7 Å². The maximum atomic E-state index is 12.7. The molecule has 1 rings (SSSR count). The van der Waals surface area contributed by atoms with Gasteiger partial charge in [0, 0.05) is 24.8 Å². The Morgan fingerprint density at radius 1 is 1.44 bits per heavy atom. The first-order valence-electron chi connectivity index (χ1n) is 5.10. The summed E-state index contributed by atoms with van der Waals surface area (Å²) in [5.41, 5.74) is 4.77. The van der Waals surface area contributed by atoms with E-state index in [-0.39, 0.29) is 17.2 Å². The Bertz CT molecular complexity index is 448. The van der Waals surface area contributed by atoms with Crippen LogP contribution >= 0.6 is 12.2 Å². The molecule has 0 spiro atoms. The standard InChI is InChI=1S/C11H13F3N2OS/c1-16(4-5-17)7-2-3-9(11(12,13)14)8(6-7)10(15)18/h2-3,6,17H,4-5H2,1H3,(H2,15,18). The molecule has 18 heavy (non-hydrogen) atoms. The number of anilines is 1. The SMILES string of the molecule is CN(CCO)c1ccc(C(F)(F)F)c(C(N)=S)c1. The lowest BCUT2D eigenvalue weighted by atomic mass is 10.1. The van der Waals surface area contributed by atoms with E-state index in [1.807, 2.05) is 0 Å². The molecule has 0 bridgehead atoms. The number of nitrogens with two attached hydrogens (primary N) is 1. The first-order valence-corrected chi connectivity index (χ1v) is 5.51. The van der Waals surface area contributed by atoms with Crippen LogP contribution in [0.15, 0.2) is 18.2 Å². The fourth-order valence-electron chi connectivity index (χ4n) is 1.50. The molecule has 3 N–H and O–H groups in total. The van der Waals surface area contributed by atoms with E-state index in [0.29, 0.717) is 12.2 Å². The van der Waals surface area contributed by atoms with Crippen LogP contribution in [0.4, 0.5) is 18.9 Å². The van der Waals surface area contributed by atoms with Crippen LogP contribution in [-0.2, 0) is 6.18 Å². The summed E-state index contributed by atoms with van der Waals surface area (Å²) in [6, 6.07) is 3.54. The first kappa shape index (κ1) is 14.7. The van der Waals surface area contributed by atoms with E-state index < -0.39 is 11.7 Å². The fourth-order valence-corrected chi connectivity index (χ4v) is 1.67. The van der Waals surface area contributed by atoms with Gasteiger partial charge in [-0.05, 0) is 18.2 Å². The van der Waals surface area contributed by atoms with Gasteiger partial charge in [0.1, 0.15) is 4.99 Å². The van der Waals surface area contributed by atoms with Crippen molar-refractivity contribution in [1.82, 2.24) is 0 Å². The first-order chi connectivity index (χ1) is 8.27. The zero-order valence-electron chi connectivity index (χ0n) is 9.66. The Kier molecular flexibility index (Phi) is 4.53. The third kappa shape index (κ3) is 3.33. The fraction of sp³-hybridized carbons (Fsp3) is 0.364. The monoisotopic (exact) mass is 278 g/mol. The minimum absolute atomic E-state index is 0.0973. The Morgan fingerprint density at radius 3 is 2.50 bits per heavy atom. The van der Waals surface area contributed by atoms with Crippen LogP contribution in [0.25, 0.3) is 0 Å². The number of thiocarbonyl (C=S) groups is 1. The molecule has 1 aromatic carbocycles. The highest BCUT2D eigenvalue weighted by atomic mass is 32.1. The second kappa shape index (κ2) is 5.53. The van der Waals surface area contributed by atoms with E-state index in [1.165, 1.54) is 12.1 Å². The van der Waals surface area contributed by atoms with Crippen molar-refractivity contribution in [3.8, 4) is 0 Å². The lowest BCUT2D eigenvalue weighted by Gasteiger charge is -2.20. The summed E-state index contributed by atoms with van der Waals surface area (Å²) in [4.78, 5) is 1.31. The van der Waals surface area contributed by atoms with Crippen molar-refractivity contribution >= 4 is 22.9 Å². The number of aliphatic hydroxyl groups is 1. The Labute approximate surface area is 108 Å². The van der Waals surface area contributed by atoms with Gasteiger partial charge in [0.05, 0.1) is 12.2 Å². The number of aliphatic hydroxyl groups excluding tert-OH is 1. The van der Waals surface area contributed by atoms with Crippen LogP contribution < -0.4 is 10.6 Å². The molecule has 0 aromatic heterocycles. The molecule has 0 aliphatic carbocycles. The molecule has 1 aromatic rings. The van der Waals surface area contributed by atoms with Gasteiger partial charge in [-0.3, -0.25) is 0 Å². The molecule has 0 heterocycles. The second-order valence-corrected chi connectivity index (χ2v) is 4.18. The summed E-state index contributed by atoms with van der Waals surface area (Å²) in [6.07, 6.45) is -4.49. The number of likely N-dealkylation sites (N-methyl/N-ethyl adjacent to an activating group) is 1. The minimum atomic E-state index is -4.49. The molecule has 0 unspecified atom stereocenters. The number of alkyl halides is 3. The van der Waals surface area contributed by atoms with Crippen LogP contribution in [0.2, 0.25) is 0 Å². The number of nitrogens with zero attached hydrogens (tertiary/aromatic N) is 1. The van der Waals surface area contributed by atoms with Gasteiger partial charge in [-0.1, -0.05) is 12.2 Å². The molecule has 3 nitrogen and oxygen atoms in total. The summed E-state index contributed by atoms with van der Waals surface area (Å²) in [5, 5.41) is 8.79. The zero-order valence-corrected chi connectivity index (χ0v) is 10.5. The maximum Gasteiger partial charge on any atom is 0.417 e. The molecule has 0 aliphatic rings. The quantitative estimate of drug-likeness (QED) is 0.824.